The summed E-state index contributed by atoms with van der Waals surface area (Å²) in [5, 5.41) is 12.3. The van der Waals surface area contributed by atoms with Crippen molar-refractivity contribution in [2.45, 2.75) is 19.9 Å². The van der Waals surface area contributed by atoms with E-state index in [9.17, 15) is 4.79 Å². The molecule has 1 N–H and O–H groups in total. The van der Waals surface area contributed by atoms with Crippen molar-refractivity contribution >= 4 is 38.6 Å². The van der Waals surface area contributed by atoms with E-state index in [0.717, 1.165) is 26.8 Å². The summed E-state index contributed by atoms with van der Waals surface area (Å²) < 4.78 is 2.56. The number of carbonyl (C=O) groups excluding carboxylic acids is 1. The molecule has 3 aromatic rings. The number of halogens is 1. The van der Waals surface area contributed by atoms with Gasteiger partial charge in [0.25, 0.3) is 5.91 Å². The Morgan fingerprint density at radius 3 is 2.71 bits per heavy atom. The molecule has 0 aliphatic rings. The minimum Gasteiger partial charge on any atom is -0.271 e. The molecule has 2 aromatic carbocycles. The average molecular weight is 386 g/mol. The minimum atomic E-state index is -0.242. The number of benzene rings is 2. The predicted octanol–water partition coefficient (Wildman–Crippen LogP) is 3.12. The van der Waals surface area contributed by atoms with Crippen molar-refractivity contribution < 1.29 is 4.79 Å². The molecular weight excluding hydrogens is 370 g/mol. The van der Waals surface area contributed by atoms with E-state index in [1.807, 2.05) is 55.5 Å². The molecule has 1 heterocycles. The number of para-hydroxylation sites is 1. The smallest absolute Gasteiger partial charge is 0.261 e. The molecular formula is C17H16BrN5O. The SMILES string of the molecule is CC/C(=N/NC(=O)Cn1nnc2ccccc21)c1ccc(Br)cc1. The second-order valence-corrected chi connectivity index (χ2v) is 6.11. The van der Waals surface area contributed by atoms with E-state index in [1.165, 1.54) is 0 Å². The van der Waals surface area contributed by atoms with Gasteiger partial charge in [0.1, 0.15) is 12.1 Å². The summed E-state index contributed by atoms with van der Waals surface area (Å²) in [7, 11) is 0. The van der Waals surface area contributed by atoms with E-state index in [1.54, 1.807) is 4.68 Å². The summed E-state index contributed by atoms with van der Waals surface area (Å²) >= 11 is 3.41. The maximum atomic E-state index is 12.1. The molecule has 6 nitrogen and oxygen atoms in total. The van der Waals surface area contributed by atoms with Crippen LogP contribution in [0.25, 0.3) is 11.0 Å². The van der Waals surface area contributed by atoms with E-state index in [0.29, 0.717) is 6.42 Å². The maximum Gasteiger partial charge on any atom is 0.261 e. The topological polar surface area (TPSA) is 72.2 Å². The number of nitrogens with one attached hydrogen (secondary N) is 1. The van der Waals surface area contributed by atoms with Crippen molar-refractivity contribution in [1.82, 2.24) is 20.4 Å². The molecule has 0 spiro atoms. The van der Waals surface area contributed by atoms with Crippen molar-refractivity contribution in [2.24, 2.45) is 5.10 Å². The van der Waals surface area contributed by atoms with Crippen LogP contribution < -0.4 is 5.43 Å². The van der Waals surface area contributed by atoms with Gasteiger partial charge in [-0.25, -0.2) is 10.1 Å². The third kappa shape index (κ3) is 3.68. The molecule has 0 saturated carbocycles. The molecule has 1 amide bonds. The highest BCUT2D eigenvalue weighted by Crippen LogP contribution is 2.12. The van der Waals surface area contributed by atoms with Gasteiger partial charge >= 0.3 is 0 Å². The van der Waals surface area contributed by atoms with E-state index in [-0.39, 0.29) is 12.5 Å². The van der Waals surface area contributed by atoms with E-state index in [2.05, 4.69) is 36.8 Å². The lowest BCUT2D eigenvalue weighted by atomic mass is 10.1. The minimum absolute atomic E-state index is 0.0708. The number of fused-ring (bicyclic) bond motifs is 1. The van der Waals surface area contributed by atoms with E-state index >= 15 is 0 Å². The Kier molecular flexibility index (Phi) is 5.00. The normalized spacial score (nSPS) is 11.7. The van der Waals surface area contributed by atoms with Gasteiger partial charge in [-0.3, -0.25) is 4.79 Å². The van der Waals surface area contributed by atoms with Crippen LogP contribution in [0, 0.1) is 0 Å². The zero-order valence-electron chi connectivity index (χ0n) is 13.1. The first-order chi connectivity index (χ1) is 11.7. The van der Waals surface area contributed by atoms with Gasteiger partial charge in [0.15, 0.2) is 0 Å². The van der Waals surface area contributed by atoms with Crippen LogP contribution >= 0.6 is 15.9 Å². The van der Waals surface area contributed by atoms with Crippen molar-refractivity contribution in [3.8, 4) is 0 Å². The summed E-state index contributed by atoms with van der Waals surface area (Å²) in [6.45, 7) is 2.07. The lowest BCUT2D eigenvalue weighted by Gasteiger charge is -2.06. The Morgan fingerprint density at radius 1 is 1.21 bits per heavy atom. The molecule has 122 valence electrons. The highest BCUT2D eigenvalue weighted by Gasteiger charge is 2.08. The van der Waals surface area contributed by atoms with E-state index in [4.69, 9.17) is 0 Å². The lowest BCUT2D eigenvalue weighted by Crippen LogP contribution is -2.25. The maximum absolute atomic E-state index is 12.1. The fourth-order valence-electron chi connectivity index (χ4n) is 2.33. The van der Waals surface area contributed by atoms with Crippen molar-refractivity contribution in [1.29, 1.82) is 0 Å². The largest absolute Gasteiger partial charge is 0.271 e. The van der Waals surface area contributed by atoms with Gasteiger partial charge in [-0.05, 0) is 36.2 Å². The number of aromatic nitrogens is 3. The number of nitrogens with zero attached hydrogens (tertiary/aromatic N) is 4. The molecule has 0 radical (unpaired) electrons. The molecule has 0 aliphatic heterocycles. The summed E-state index contributed by atoms with van der Waals surface area (Å²) in [6.07, 6.45) is 0.716. The molecule has 0 saturated heterocycles. The number of hydrogen-bond donors (Lipinski definition) is 1. The fraction of sp³-hybridized carbons (Fsp3) is 0.176. The van der Waals surface area contributed by atoms with Gasteiger partial charge in [-0.2, -0.15) is 5.10 Å². The van der Waals surface area contributed by atoms with Gasteiger partial charge in [-0.15, -0.1) is 5.10 Å². The third-order valence-corrected chi connectivity index (χ3v) is 4.07. The van der Waals surface area contributed by atoms with Crippen LogP contribution in [0.4, 0.5) is 0 Å². The summed E-state index contributed by atoms with van der Waals surface area (Å²) in [6, 6.07) is 15.3. The van der Waals surface area contributed by atoms with Crippen LogP contribution in [-0.4, -0.2) is 26.6 Å². The first-order valence-corrected chi connectivity index (χ1v) is 8.36. The van der Waals surface area contributed by atoms with Crippen LogP contribution in [0.15, 0.2) is 58.1 Å². The van der Waals surface area contributed by atoms with Gasteiger partial charge in [-0.1, -0.05) is 52.3 Å². The molecule has 0 unspecified atom stereocenters. The monoisotopic (exact) mass is 385 g/mol. The Labute approximate surface area is 147 Å². The standard InChI is InChI=1S/C17H16BrN5O/c1-2-14(12-7-9-13(18)10-8-12)19-21-17(24)11-23-16-6-4-3-5-15(16)20-22-23/h3-10H,2,11H2,1H3,(H,21,24)/b19-14-. The van der Waals surface area contributed by atoms with Gasteiger partial charge in [0.2, 0.25) is 0 Å². The highest BCUT2D eigenvalue weighted by atomic mass is 79.9. The number of hydrazone groups is 1. The molecule has 24 heavy (non-hydrogen) atoms. The average Bonchev–Trinajstić information content (AvgIpc) is 3.00. The molecule has 1 aromatic heterocycles. The molecule has 0 atom stereocenters. The number of amides is 1. The first-order valence-electron chi connectivity index (χ1n) is 7.57. The Hall–Kier alpha value is -2.54. The van der Waals surface area contributed by atoms with Crippen LogP contribution in [0.1, 0.15) is 18.9 Å². The number of rotatable bonds is 5. The van der Waals surface area contributed by atoms with Crippen LogP contribution in [-0.2, 0) is 11.3 Å². The third-order valence-electron chi connectivity index (χ3n) is 3.54. The Bertz CT molecular complexity index is 885. The zero-order valence-corrected chi connectivity index (χ0v) is 14.7. The first kappa shape index (κ1) is 16.3. The molecule has 0 bridgehead atoms. The molecule has 0 aliphatic carbocycles. The summed E-state index contributed by atoms with van der Waals surface area (Å²) in [5.41, 5.74) is 5.98. The molecule has 3 rings (SSSR count). The quantitative estimate of drug-likeness (QED) is 0.541. The second kappa shape index (κ2) is 7.35. The highest BCUT2D eigenvalue weighted by molar-refractivity contribution is 9.10. The van der Waals surface area contributed by atoms with Crippen molar-refractivity contribution in [3.05, 3.63) is 58.6 Å². The van der Waals surface area contributed by atoms with Crippen molar-refractivity contribution in [2.75, 3.05) is 0 Å². The zero-order chi connectivity index (χ0) is 16.9. The molecule has 7 heteroatoms. The van der Waals surface area contributed by atoms with Crippen LogP contribution in [0.2, 0.25) is 0 Å². The predicted molar refractivity (Wildman–Crippen MR) is 96.6 cm³/mol. The van der Waals surface area contributed by atoms with E-state index < -0.39 is 0 Å². The Balaban J connectivity index is 1.70. The number of hydrogen-bond acceptors (Lipinski definition) is 4. The number of carbonyl (C=O) groups is 1. The summed E-state index contributed by atoms with van der Waals surface area (Å²) in [4.78, 5) is 12.1. The lowest BCUT2D eigenvalue weighted by molar-refractivity contribution is -0.121. The van der Waals surface area contributed by atoms with Crippen molar-refractivity contribution in [3.63, 3.8) is 0 Å². The van der Waals surface area contributed by atoms with Gasteiger partial charge in [0, 0.05) is 4.47 Å². The fourth-order valence-corrected chi connectivity index (χ4v) is 2.59. The Morgan fingerprint density at radius 2 is 1.96 bits per heavy atom. The van der Waals surface area contributed by atoms with Gasteiger partial charge < -0.3 is 0 Å². The van der Waals surface area contributed by atoms with Crippen LogP contribution in [0.5, 0.6) is 0 Å². The second-order valence-electron chi connectivity index (χ2n) is 5.19. The summed E-state index contributed by atoms with van der Waals surface area (Å²) in [5.74, 6) is -0.242. The van der Waals surface area contributed by atoms with Crippen LogP contribution in [0.3, 0.4) is 0 Å². The van der Waals surface area contributed by atoms with Gasteiger partial charge in [0.05, 0.1) is 11.2 Å². The molecule has 0 fully saturated rings.